The zero-order valence-corrected chi connectivity index (χ0v) is 11.9. The quantitative estimate of drug-likeness (QED) is 0.598. The van der Waals surface area contributed by atoms with Crippen LogP contribution in [-0.2, 0) is 10.0 Å². The Kier molecular flexibility index (Phi) is 5.93. The van der Waals surface area contributed by atoms with Gasteiger partial charge in [-0.1, -0.05) is 0 Å². The first-order valence-electron chi connectivity index (χ1n) is 6.12. The molecule has 20 heavy (non-hydrogen) atoms. The molecule has 112 valence electrons. The second-order valence-corrected chi connectivity index (χ2v) is 5.70. The first-order valence-corrected chi connectivity index (χ1v) is 7.60. The van der Waals surface area contributed by atoms with Gasteiger partial charge in [0.2, 0.25) is 10.0 Å². The van der Waals surface area contributed by atoms with Crippen molar-refractivity contribution in [3.8, 4) is 5.75 Å². The smallest absolute Gasteiger partial charge is 0.339 e. The normalized spacial score (nSPS) is 11.3. The van der Waals surface area contributed by atoms with Crippen LogP contribution >= 0.6 is 0 Å². The predicted octanol–water partition coefficient (Wildman–Crippen LogP) is 0.411. The molecular weight excluding hydrogens is 284 g/mol. The van der Waals surface area contributed by atoms with Gasteiger partial charge in [0.05, 0.1) is 11.5 Å². The summed E-state index contributed by atoms with van der Waals surface area (Å²) in [7, 11) is -3.74. The molecule has 0 unspecified atom stereocenters. The van der Waals surface area contributed by atoms with Crippen molar-refractivity contribution >= 4 is 16.0 Å². The minimum Gasteiger partial charge on any atom is -0.493 e. The number of aromatic carboxylic acids is 1. The molecule has 0 amide bonds. The number of hydrogen-bond donors (Lipinski definition) is 3. The van der Waals surface area contributed by atoms with E-state index in [4.69, 9.17) is 15.6 Å². The molecule has 1 aromatic carbocycles. The van der Waals surface area contributed by atoms with Gasteiger partial charge in [0, 0.05) is 6.54 Å². The third-order valence-electron chi connectivity index (χ3n) is 2.46. The molecule has 8 heteroatoms. The van der Waals surface area contributed by atoms with Crippen molar-refractivity contribution in [2.24, 2.45) is 5.73 Å². The highest BCUT2D eigenvalue weighted by atomic mass is 32.2. The van der Waals surface area contributed by atoms with E-state index in [1.54, 1.807) is 6.92 Å². The number of carboxylic acid groups (broad SMARTS) is 1. The number of rotatable bonds is 8. The lowest BCUT2D eigenvalue weighted by Gasteiger charge is -2.10. The minimum atomic E-state index is -3.74. The van der Waals surface area contributed by atoms with Gasteiger partial charge in [-0.25, -0.2) is 17.9 Å². The van der Waals surface area contributed by atoms with Crippen LogP contribution in [0.25, 0.3) is 0 Å². The van der Waals surface area contributed by atoms with Crippen LogP contribution < -0.4 is 15.2 Å². The van der Waals surface area contributed by atoms with Gasteiger partial charge in [0.1, 0.15) is 11.3 Å². The van der Waals surface area contributed by atoms with Crippen molar-refractivity contribution in [2.45, 2.75) is 18.2 Å². The van der Waals surface area contributed by atoms with E-state index in [0.29, 0.717) is 19.6 Å². The van der Waals surface area contributed by atoms with Crippen LogP contribution in [0, 0.1) is 0 Å². The zero-order valence-electron chi connectivity index (χ0n) is 11.1. The lowest BCUT2D eigenvalue weighted by molar-refractivity contribution is 0.0692. The number of benzene rings is 1. The van der Waals surface area contributed by atoms with E-state index in [9.17, 15) is 13.2 Å². The van der Waals surface area contributed by atoms with Crippen molar-refractivity contribution in [3.05, 3.63) is 23.8 Å². The molecule has 0 saturated carbocycles. The highest BCUT2D eigenvalue weighted by Crippen LogP contribution is 2.22. The van der Waals surface area contributed by atoms with Gasteiger partial charge in [-0.3, -0.25) is 0 Å². The molecule has 0 saturated heterocycles. The lowest BCUT2D eigenvalue weighted by Crippen LogP contribution is -2.26. The third-order valence-corrected chi connectivity index (χ3v) is 3.92. The van der Waals surface area contributed by atoms with E-state index >= 15 is 0 Å². The average molecular weight is 302 g/mol. The molecule has 0 aliphatic rings. The molecule has 0 spiro atoms. The molecule has 0 heterocycles. The number of carbonyl (C=O) groups is 1. The van der Waals surface area contributed by atoms with Crippen molar-refractivity contribution in [1.29, 1.82) is 0 Å². The Balaban J connectivity index is 3.07. The molecule has 0 atom stereocenters. The van der Waals surface area contributed by atoms with E-state index in [2.05, 4.69) is 4.72 Å². The molecule has 7 nitrogen and oxygen atoms in total. The fraction of sp³-hybridized carbons (Fsp3) is 0.417. The van der Waals surface area contributed by atoms with Crippen LogP contribution in [-0.4, -0.2) is 39.2 Å². The first kappa shape index (κ1) is 16.4. The summed E-state index contributed by atoms with van der Waals surface area (Å²) in [4.78, 5) is 11.0. The molecule has 0 fully saturated rings. The van der Waals surface area contributed by atoms with E-state index < -0.39 is 16.0 Å². The Bertz CT molecular complexity index is 571. The predicted molar refractivity (Wildman–Crippen MR) is 73.4 cm³/mol. The highest BCUT2D eigenvalue weighted by molar-refractivity contribution is 7.89. The van der Waals surface area contributed by atoms with Gasteiger partial charge < -0.3 is 15.6 Å². The summed E-state index contributed by atoms with van der Waals surface area (Å²) in [5.74, 6) is -1.10. The van der Waals surface area contributed by atoms with Gasteiger partial charge in [-0.05, 0) is 38.1 Å². The third kappa shape index (κ3) is 4.19. The lowest BCUT2D eigenvalue weighted by atomic mass is 10.2. The molecule has 1 rings (SSSR count). The summed E-state index contributed by atoms with van der Waals surface area (Å²) in [5.41, 5.74) is 5.10. The topological polar surface area (TPSA) is 119 Å². The fourth-order valence-corrected chi connectivity index (χ4v) is 2.62. The van der Waals surface area contributed by atoms with Crippen LogP contribution in [0.1, 0.15) is 23.7 Å². The highest BCUT2D eigenvalue weighted by Gasteiger charge is 2.19. The first-order chi connectivity index (χ1) is 9.42. The standard InChI is InChI=1S/C12H18N2O5S/c1-2-19-11-5-4-9(8-10(11)12(15)16)20(17,18)14-7-3-6-13/h4-5,8,14H,2-3,6-7,13H2,1H3,(H,15,16). The Morgan fingerprint density at radius 3 is 2.70 bits per heavy atom. The Labute approximate surface area is 117 Å². The van der Waals surface area contributed by atoms with E-state index in [-0.39, 0.29) is 22.8 Å². The molecule has 4 N–H and O–H groups in total. The maximum Gasteiger partial charge on any atom is 0.339 e. The van der Waals surface area contributed by atoms with Crippen LogP contribution in [0.2, 0.25) is 0 Å². The summed E-state index contributed by atoms with van der Waals surface area (Å²) in [6.45, 7) is 2.58. The van der Waals surface area contributed by atoms with E-state index in [0.717, 1.165) is 6.07 Å². The zero-order chi connectivity index (χ0) is 15.2. The molecule has 0 bridgehead atoms. The fourth-order valence-electron chi connectivity index (χ4n) is 1.52. The summed E-state index contributed by atoms with van der Waals surface area (Å²) >= 11 is 0. The molecule has 0 aliphatic heterocycles. The number of nitrogens with two attached hydrogens (primary N) is 1. The van der Waals surface area contributed by atoms with Crippen molar-refractivity contribution < 1.29 is 23.1 Å². The summed E-state index contributed by atoms with van der Waals surface area (Å²) in [6, 6.07) is 3.73. The Morgan fingerprint density at radius 1 is 1.45 bits per heavy atom. The monoisotopic (exact) mass is 302 g/mol. The van der Waals surface area contributed by atoms with Gasteiger partial charge in [-0.2, -0.15) is 0 Å². The van der Waals surface area contributed by atoms with Gasteiger partial charge in [0.15, 0.2) is 0 Å². The Hall–Kier alpha value is -1.64. The maximum atomic E-state index is 12.0. The molecule has 0 radical (unpaired) electrons. The number of nitrogens with one attached hydrogen (secondary N) is 1. The van der Waals surface area contributed by atoms with Gasteiger partial charge >= 0.3 is 5.97 Å². The van der Waals surface area contributed by atoms with Crippen molar-refractivity contribution in [2.75, 3.05) is 19.7 Å². The second kappa shape index (κ2) is 7.22. The summed E-state index contributed by atoms with van der Waals surface area (Å²) in [5, 5.41) is 9.08. The van der Waals surface area contributed by atoms with Crippen LogP contribution in [0.4, 0.5) is 0 Å². The SMILES string of the molecule is CCOc1ccc(S(=O)(=O)NCCCN)cc1C(=O)O. The number of ether oxygens (including phenoxy) is 1. The van der Waals surface area contributed by atoms with Crippen molar-refractivity contribution in [1.82, 2.24) is 4.72 Å². The Morgan fingerprint density at radius 2 is 2.15 bits per heavy atom. The van der Waals surface area contributed by atoms with Crippen LogP contribution in [0.3, 0.4) is 0 Å². The summed E-state index contributed by atoms with van der Waals surface area (Å²) in [6.07, 6.45) is 0.502. The second-order valence-electron chi connectivity index (χ2n) is 3.94. The van der Waals surface area contributed by atoms with Gasteiger partial charge in [-0.15, -0.1) is 0 Å². The average Bonchev–Trinajstić information content (AvgIpc) is 2.39. The van der Waals surface area contributed by atoms with Crippen LogP contribution in [0.15, 0.2) is 23.1 Å². The molecule has 0 aliphatic carbocycles. The van der Waals surface area contributed by atoms with E-state index in [1.807, 2.05) is 0 Å². The largest absolute Gasteiger partial charge is 0.493 e. The van der Waals surface area contributed by atoms with Gasteiger partial charge in [0.25, 0.3) is 0 Å². The molecule has 1 aromatic rings. The molecule has 0 aromatic heterocycles. The van der Waals surface area contributed by atoms with Crippen molar-refractivity contribution in [3.63, 3.8) is 0 Å². The maximum absolute atomic E-state index is 12.0. The molecular formula is C12H18N2O5S. The number of carboxylic acids is 1. The van der Waals surface area contributed by atoms with E-state index in [1.165, 1.54) is 12.1 Å². The van der Waals surface area contributed by atoms with Crippen LogP contribution in [0.5, 0.6) is 5.75 Å². The number of sulfonamides is 1. The number of hydrogen-bond acceptors (Lipinski definition) is 5. The summed E-state index contributed by atoms with van der Waals surface area (Å²) < 4.78 is 31.4. The minimum absolute atomic E-state index is 0.115.